The number of hydrogen-bond donors (Lipinski definition) is 2. The van der Waals surface area contributed by atoms with Gasteiger partial charge in [0.25, 0.3) is 0 Å². The number of fused-ring (bicyclic) bond motifs is 3. The van der Waals surface area contributed by atoms with E-state index in [0.717, 1.165) is 46.2 Å². The summed E-state index contributed by atoms with van der Waals surface area (Å²) in [6, 6.07) is 11.3. The molecule has 3 atom stereocenters. The summed E-state index contributed by atoms with van der Waals surface area (Å²) in [4.78, 5) is 15.7. The zero-order chi connectivity index (χ0) is 25.8. The van der Waals surface area contributed by atoms with Crippen molar-refractivity contribution in [1.29, 1.82) is 0 Å². The Morgan fingerprint density at radius 2 is 1.89 bits per heavy atom. The van der Waals surface area contributed by atoms with Crippen LogP contribution in [0.4, 0.5) is 4.39 Å². The van der Waals surface area contributed by atoms with Crippen LogP contribution in [0.25, 0.3) is 11.1 Å². The summed E-state index contributed by atoms with van der Waals surface area (Å²) in [5.41, 5.74) is 7.23. The molecule has 1 aromatic heterocycles. The number of hydrogen-bond acceptors (Lipinski definition) is 4. The van der Waals surface area contributed by atoms with Gasteiger partial charge in [-0.1, -0.05) is 18.2 Å². The maximum Gasteiger partial charge on any atom is 0.307 e. The largest absolute Gasteiger partial charge is 0.481 e. The average Bonchev–Trinajstić information content (AvgIpc) is 3.39. The van der Waals surface area contributed by atoms with Crippen LogP contribution >= 0.6 is 0 Å². The van der Waals surface area contributed by atoms with E-state index in [1.54, 1.807) is 12.3 Å². The second-order valence-electron chi connectivity index (χ2n) is 11.0. The fraction of sp³-hybridized carbons (Fsp3) is 0.400. The minimum absolute atomic E-state index is 0.0534. The maximum absolute atomic E-state index is 14.7. The molecule has 0 amide bonds. The van der Waals surface area contributed by atoms with Gasteiger partial charge in [0, 0.05) is 23.7 Å². The van der Waals surface area contributed by atoms with Crippen molar-refractivity contribution in [3.8, 4) is 17.0 Å². The van der Waals surface area contributed by atoms with E-state index in [-0.39, 0.29) is 30.2 Å². The minimum atomic E-state index is -0.736. The second-order valence-corrected chi connectivity index (χ2v) is 11.0. The van der Waals surface area contributed by atoms with Crippen LogP contribution in [0.2, 0.25) is 0 Å². The van der Waals surface area contributed by atoms with Gasteiger partial charge in [-0.3, -0.25) is 4.79 Å². The van der Waals surface area contributed by atoms with Crippen LogP contribution < -0.4 is 4.74 Å². The van der Waals surface area contributed by atoms with Gasteiger partial charge in [-0.05, 0) is 104 Å². The van der Waals surface area contributed by atoms with E-state index in [1.807, 2.05) is 26.0 Å². The summed E-state index contributed by atoms with van der Waals surface area (Å²) in [5.74, 6) is -0.693. The lowest BCUT2D eigenvalue weighted by atomic mass is 9.90. The number of carbonyl (C=O) groups is 1. The van der Waals surface area contributed by atoms with Crippen molar-refractivity contribution in [3.05, 3.63) is 81.8 Å². The minimum Gasteiger partial charge on any atom is -0.481 e. The lowest BCUT2D eigenvalue weighted by Gasteiger charge is -2.18. The molecule has 6 heteroatoms. The van der Waals surface area contributed by atoms with Gasteiger partial charge in [-0.15, -0.1) is 0 Å². The Labute approximate surface area is 211 Å². The van der Waals surface area contributed by atoms with Gasteiger partial charge in [0.05, 0.1) is 11.5 Å². The van der Waals surface area contributed by atoms with E-state index in [0.29, 0.717) is 17.9 Å². The first-order chi connectivity index (χ1) is 17.0. The molecule has 0 unspecified atom stereocenters. The van der Waals surface area contributed by atoms with Gasteiger partial charge in [-0.2, -0.15) is 0 Å². The molecule has 5 rings (SSSR count). The molecule has 2 aliphatic carbocycles. The highest BCUT2D eigenvalue weighted by molar-refractivity contribution is 5.77. The van der Waals surface area contributed by atoms with Crippen LogP contribution in [-0.2, 0) is 24.2 Å². The maximum atomic E-state index is 14.7. The van der Waals surface area contributed by atoms with Gasteiger partial charge in [0.15, 0.2) is 0 Å². The SMILES string of the molecule is Cc1cc(CCC(C)(C)O)cc(C)c1-c1ccc(F)c(COc2cc3c(cn2)[C@H]2[C@@H](C3)[C@@H]2C(=O)O)c1. The monoisotopic (exact) mass is 489 g/mol. The number of ether oxygens (including phenoxy) is 1. The molecule has 3 aromatic rings. The molecule has 1 saturated carbocycles. The van der Waals surface area contributed by atoms with Gasteiger partial charge in [0.1, 0.15) is 12.4 Å². The van der Waals surface area contributed by atoms with Crippen molar-refractivity contribution in [2.45, 2.75) is 65.1 Å². The van der Waals surface area contributed by atoms with E-state index < -0.39 is 11.6 Å². The lowest BCUT2D eigenvalue weighted by molar-refractivity contribution is -0.139. The van der Waals surface area contributed by atoms with Crippen molar-refractivity contribution in [3.63, 3.8) is 0 Å². The summed E-state index contributed by atoms with van der Waals surface area (Å²) in [6.45, 7) is 7.81. The molecule has 5 nitrogen and oxygen atoms in total. The zero-order valence-corrected chi connectivity index (χ0v) is 21.1. The number of pyridine rings is 1. The standard InChI is InChI=1S/C30H32FNO4/c1-16-9-18(7-8-30(3,4)35)10-17(2)26(16)19-5-6-24(31)21(11-19)15-36-25-13-20-12-22-27(23(20)14-32-25)28(22)29(33)34/h5-6,9-11,13-14,22,27-28,35H,7-8,12,15H2,1-4H3,(H,33,34)/t22-,27-,28+/m1/s1. The highest BCUT2D eigenvalue weighted by Crippen LogP contribution is 2.61. The fourth-order valence-electron chi connectivity index (χ4n) is 5.78. The molecule has 2 aromatic carbocycles. The number of halogens is 1. The number of carboxylic acids is 1. The molecular formula is C30H32FNO4. The van der Waals surface area contributed by atoms with E-state index >= 15 is 0 Å². The number of nitrogens with zero attached hydrogens (tertiary/aromatic N) is 1. The van der Waals surface area contributed by atoms with Gasteiger partial charge in [0.2, 0.25) is 5.88 Å². The lowest BCUT2D eigenvalue weighted by Crippen LogP contribution is -2.19. The molecule has 2 N–H and O–H groups in total. The summed E-state index contributed by atoms with van der Waals surface area (Å²) in [5, 5.41) is 19.3. The molecular weight excluding hydrogens is 457 g/mol. The predicted octanol–water partition coefficient (Wildman–Crippen LogP) is 5.76. The number of aromatic nitrogens is 1. The Hall–Kier alpha value is -3.25. The zero-order valence-electron chi connectivity index (χ0n) is 21.1. The summed E-state index contributed by atoms with van der Waals surface area (Å²) < 4.78 is 20.5. The van der Waals surface area contributed by atoms with Crippen LogP contribution in [-0.4, -0.2) is 26.8 Å². The Morgan fingerprint density at radius 1 is 1.17 bits per heavy atom. The first-order valence-corrected chi connectivity index (χ1v) is 12.5. The molecule has 2 aliphatic rings. The van der Waals surface area contributed by atoms with Crippen molar-refractivity contribution in [1.82, 2.24) is 4.98 Å². The molecule has 0 spiro atoms. The number of rotatable bonds is 8. The van der Waals surface area contributed by atoms with Crippen molar-refractivity contribution in [2.24, 2.45) is 11.8 Å². The van der Waals surface area contributed by atoms with Gasteiger partial charge in [-0.25, -0.2) is 9.37 Å². The fourth-order valence-corrected chi connectivity index (χ4v) is 5.78. The molecule has 0 bridgehead atoms. The van der Waals surface area contributed by atoms with Gasteiger partial charge < -0.3 is 14.9 Å². The number of carboxylic acid groups (broad SMARTS) is 1. The first-order valence-electron chi connectivity index (χ1n) is 12.5. The van der Waals surface area contributed by atoms with E-state index in [2.05, 4.69) is 31.0 Å². The summed E-state index contributed by atoms with van der Waals surface area (Å²) in [6.07, 6.45) is 3.92. The normalized spacial score (nSPS) is 20.1. The topological polar surface area (TPSA) is 79.7 Å². The quantitative estimate of drug-likeness (QED) is 0.421. The number of aliphatic carboxylic acids is 1. The third-order valence-corrected chi connectivity index (χ3v) is 7.60. The van der Waals surface area contributed by atoms with Crippen LogP contribution in [0.5, 0.6) is 5.88 Å². The summed E-state index contributed by atoms with van der Waals surface area (Å²) in [7, 11) is 0. The number of aliphatic hydroxyl groups is 1. The van der Waals surface area contributed by atoms with Crippen LogP contribution in [0.3, 0.4) is 0 Å². The Bertz CT molecular complexity index is 1320. The number of benzene rings is 2. The van der Waals surface area contributed by atoms with E-state index in [9.17, 15) is 19.4 Å². The Morgan fingerprint density at radius 3 is 2.56 bits per heavy atom. The summed E-state index contributed by atoms with van der Waals surface area (Å²) >= 11 is 0. The number of aryl methyl sites for hydroxylation is 3. The van der Waals surface area contributed by atoms with Crippen LogP contribution in [0, 0.1) is 31.5 Å². The molecule has 1 heterocycles. The molecule has 188 valence electrons. The second kappa shape index (κ2) is 9.00. The molecule has 36 heavy (non-hydrogen) atoms. The Balaban J connectivity index is 1.31. The van der Waals surface area contributed by atoms with Crippen molar-refractivity contribution in [2.75, 3.05) is 0 Å². The highest BCUT2D eigenvalue weighted by atomic mass is 19.1. The third-order valence-electron chi connectivity index (χ3n) is 7.60. The first kappa shape index (κ1) is 24.4. The predicted molar refractivity (Wildman–Crippen MR) is 136 cm³/mol. The smallest absolute Gasteiger partial charge is 0.307 e. The molecule has 0 aliphatic heterocycles. The van der Waals surface area contributed by atoms with E-state index in [1.165, 1.54) is 11.6 Å². The third kappa shape index (κ3) is 4.74. The Kier molecular flexibility index (Phi) is 6.11. The van der Waals surface area contributed by atoms with E-state index in [4.69, 9.17) is 4.74 Å². The van der Waals surface area contributed by atoms with Crippen molar-refractivity contribution < 1.29 is 24.1 Å². The molecule has 0 saturated heterocycles. The van der Waals surface area contributed by atoms with Crippen LogP contribution in [0.1, 0.15) is 59.6 Å². The van der Waals surface area contributed by atoms with Crippen LogP contribution in [0.15, 0.2) is 42.6 Å². The molecule has 1 fully saturated rings. The molecule has 0 radical (unpaired) electrons. The highest BCUT2D eigenvalue weighted by Gasteiger charge is 2.59. The van der Waals surface area contributed by atoms with Gasteiger partial charge >= 0.3 is 5.97 Å². The van der Waals surface area contributed by atoms with Crippen molar-refractivity contribution >= 4 is 5.97 Å². The average molecular weight is 490 g/mol.